The van der Waals surface area contributed by atoms with Crippen LogP contribution in [0.5, 0.6) is 0 Å². The van der Waals surface area contributed by atoms with Gasteiger partial charge in [-0.25, -0.2) is 0 Å². The molecule has 0 heterocycles. The molecule has 0 fully saturated rings. The smallest absolute Gasteiger partial charge is 0.0701 e. The lowest BCUT2D eigenvalue weighted by molar-refractivity contribution is 1.42. The van der Waals surface area contributed by atoms with Crippen molar-refractivity contribution in [1.29, 1.82) is 0 Å². The van der Waals surface area contributed by atoms with Crippen LogP contribution in [0.15, 0.2) is 42.4 Å². The summed E-state index contributed by atoms with van der Waals surface area (Å²) in [6.45, 7) is 9.36. The monoisotopic (exact) mass is 171 g/mol. The molecule has 0 aliphatic carbocycles. The van der Waals surface area contributed by atoms with Gasteiger partial charge in [-0.1, -0.05) is 36.9 Å². The van der Waals surface area contributed by atoms with Gasteiger partial charge in [0.2, 0.25) is 0 Å². The third-order valence-corrected chi connectivity index (χ3v) is 1.72. The van der Waals surface area contributed by atoms with E-state index in [4.69, 9.17) is 0 Å². The van der Waals surface area contributed by atoms with Crippen molar-refractivity contribution >= 4 is 18.0 Å². The van der Waals surface area contributed by atoms with Crippen molar-refractivity contribution in [2.24, 2.45) is 4.99 Å². The number of aryl methyl sites for hydroxylation is 1. The van der Waals surface area contributed by atoms with Gasteiger partial charge >= 0.3 is 0 Å². The van der Waals surface area contributed by atoms with Gasteiger partial charge in [0, 0.05) is 6.21 Å². The molecule has 0 aliphatic heterocycles. The molecule has 0 aromatic heterocycles. The van der Waals surface area contributed by atoms with Gasteiger partial charge < -0.3 is 0 Å². The lowest BCUT2D eigenvalue weighted by Gasteiger charge is -2.00. The summed E-state index contributed by atoms with van der Waals surface area (Å²) in [5, 5.41) is 0. The molecule has 0 N–H and O–H groups in total. The molecular weight excluding hydrogens is 158 g/mol. The van der Waals surface area contributed by atoms with Gasteiger partial charge in [0.05, 0.1) is 5.69 Å². The summed E-state index contributed by atoms with van der Waals surface area (Å²) in [5.74, 6) is 0. The fraction of sp³-hybridized carbons (Fsp3) is 0.0833. The molecule has 0 radical (unpaired) electrons. The first kappa shape index (κ1) is 9.46. The number of hydrogen-bond acceptors (Lipinski definition) is 1. The molecule has 0 saturated carbocycles. The second-order valence-electron chi connectivity index (χ2n) is 2.78. The maximum absolute atomic E-state index is 4.22. The SMILES string of the molecule is C=CC=Nc1ccc(C)cc1C=C. The third kappa shape index (κ3) is 2.41. The summed E-state index contributed by atoms with van der Waals surface area (Å²) in [7, 11) is 0. The quantitative estimate of drug-likeness (QED) is 0.617. The lowest BCUT2D eigenvalue weighted by Crippen LogP contribution is -1.77. The van der Waals surface area contributed by atoms with E-state index in [9.17, 15) is 0 Å². The number of aliphatic imine (C=N–C) groups is 1. The highest BCUT2D eigenvalue weighted by atomic mass is 14.7. The highest BCUT2D eigenvalue weighted by molar-refractivity contribution is 5.76. The van der Waals surface area contributed by atoms with Crippen molar-refractivity contribution in [2.45, 2.75) is 6.92 Å². The van der Waals surface area contributed by atoms with E-state index in [2.05, 4.69) is 24.2 Å². The zero-order chi connectivity index (χ0) is 9.68. The molecule has 1 rings (SSSR count). The van der Waals surface area contributed by atoms with E-state index < -0.39 is 0 Å². The van der Waals surface area contributed by atoms with Crippen molar-refractivity contribution in [3.8, 4) is 0 Å². The molecule has 13 heavy (non-hydrogen) atoms. The third-order valence-electron chi connectivity index (χ3n) is 1.72. The van der Waals surface area contributed by atoms with E-state index in [0.29, 0.717) is 0 Å². The lowest BCUT2D eigenvalue weighted by atomic mass is 10.1. The molecule has 66 valence electrons. The van der Waals surface area contributed by atoms with Gasteiger partial charge in [-0.05, 0) is 24.6 Å². The summed E-state index contributed by atoms with van der Waals surface area (Å²) >= 11 is 0. The maximum Gasteiger partial charge on any atom is 0.0701 e. The summed E-state index contributed by atoms with van der Waals surface area (Å²) in [5.41, 5.74) is 3.20. The Balaban J connectivity index is 3.12. The van der Waals surface area contributed by atoms with Crippen LogP contribution in [-0.2, 0) is 0 Å². The zero-order valence-electron chi connectivity index (χ0n) is 7.83. The predicted octanol–water partition coefficient (Wildman–Crippen LogP) is 3.53. The minimum atomic E-state index is 0.931. The maximum atomic E-state index is 4.22. The van der Waals surface area contributed by atoms with Crippen LogP contribution >= 0.6 is 0 Å². The molecule has 0 unspecified atom stereocenters. The van der Waals surface area contributed by atoms with E-state index in [1.807, 2.05) is 25.1 Å². The first-order valence-electron chi connectivity index (χ1n) is 4.16. The molecule has 0 bridgehead atoms. The molecular formula is C12H13N. The molecule has 0 saturated heterocycles. The number of rotatable bonds is 3. The minimum Gasteiger partial charge on any atom is -0.256 e. The number of hydrogen-bond donors (Lipinski definition) is 0. The van der Waals surface area contributed by atoms with Gasteiger partial charge in [-0.2, -0.15) is 0 Å². The predicted molar refractivity (Wildman–Crippen MR) is 59.6 cm³/mol. The van der Waals surface area contributed by atoms with Crippen molar-refractivity contribution in [1.82, 2.24) is 0 Å². The van der Waals surface area contributed by atoms with E-state index >= 15 is 0 Å². The first-order valence-corrected chi connectivity index (χ1v) is 4.16. The van der Waals surface area contributed by atoms with Crippen molar-refractivity contribution in [3.63, 3.8) is 0 Å². The Hall–Kier alpha value is -1.63. The number of benzene rings is 1. The topological polar surface area (TPSA) is 12.4 Å². The Bertz CT molecular complexity index is 348. The normalized spacial score (nSPS) is 10.2. The molecule has 0 amide bonds. The average Bonchev–Trinajstić information content (AvgIpc) is 2.16. The van der Waals surface area contributed by atoms with Gasteiger partial charge in [0.15, 0.2) is 0 Å². The second-order valence-corrected chi connectivity index (χ2v) is 2.78. The summed E-state index contributed by atoms with van der Waals surface area (Å²) in [6, 6.07) is 6.07. The van der Waals surface area contributed by atoms with Crippen LogP contribution in [0.4, 0.5) is 5.69 Å². The first-order chi connectivity index (χ1) is 6.27. The fourth-order valence-corrected chi connectivity index (χ4v) is 1.09. The van der Waals surface area contributed by atoms with E-state index in [-0.39, 0.29) is 0 Å². The van der Waals surface area contributed by atoms with Crippen LogP contribution in [0, 0.1) is 6.92 Å². The van der Waals surface area contributed by atoms with Gasteiger partial charge in [-0.3, -0.25) is 4.99 Å². The van der Waals surface area contributed by atoms with E-state index in [0.717, 1.165) is 11.3 Å². The Morgan fingerprint density at radius 3 is 2.69 bits per heavy atom. The average molecular weight is 171 g/mol. The molecule has 1 aromatic carbocycles. The van der Waals surface area contributed by atoms with Gasteiger partial charge in [0.25, 0.3) is 0 Å². The highest BCUT2D eigenvalue weighted by Crippen LogP contribution is 2.20. The minimum absolute atomic E-state index is 0.931. The summed E-state index contributed by atoms with van der Waals surface area (Å²) in [4.78, 5) is 4.22. The second kappa shape index (κ2) is 4.41. The van der Waals surface area contributed by atoms with Crippen LogP contribution < -0.4 is 0 Å². The molecule has 0 atom stereocenters. The van der Waals surface area contributed by atoms with Gasteiger partial charge in [-0.15, -0.1) is 0 Å². The van der Waals surface area contributed by atoms with Crippen molar-refractivity contribution in [2.75, 3.05) is 0 Å². The van der Waals surface area contributed by atoms with E-state index in [1.54, 1.807) is 12.3 Å². The zero-order valence-corrected chi connectivity index (χ0v) is 7.83. The van der Waals surface area contributed by atoms with Crippen molar-refractivity contribution < 1.29 is 0 Å². The molecule has 1 nitrogen and oxygen atoms in total. The van der Waals surface area contributed by atoms with E-state index in [1.165, 1.54) is 5.56 Å². The van der Waals surface area contributed by atoms with Crippen LogP contribution in [0.2, 0.25) is 0 Å². The molecule has 1 aromatic rings. The molecule has 1 heteroatoms. The van der Waals surface area contributed by atoms with Gasteiger partial charge in [0.1, 0.15) is 0 Å². The number of allylic oxidation sites excluding steroid dienone is 1. The highest BCUT2D eigenvalue weighted by Gasteiger charge is 1.95. The summed E-state index contributed by atoms with van der Waals surface area (Å²) in [6.07, 6.45) is 5.15. The Morgan fingerprint density at radius 1 is 1.31 bits per heavy atom. The number of nitrogens with zero attached hydrogens (tertiary/aromatic N) is 1. The largest absolute Gasteiger partial charge is 0.256 e. The standard InChI is InChI=1S/C12H13N/c1-4-8-13-12-7-6-10(3)9-11(12)5-2/h4-9H,1-2H2,3H3. The molecule has 0 spiro atoms. The van der Waals surface area contributed by atoms with Crippen LogP contribution in [0.3, 0.4) is 0 Å². The van der Waals surface area contributed by atoms with Crippen LogP contribution in [-0.4, -0.2) is 6.21 Å². The Labute approximate surface area is 79.1 Å². The summed E-state index contributed by atoms with van der Waals surface area (Å²) < 4.78 is 0. The van der Waals surface area contributed by atoms with Crippen LogP contribution in [0.25, 0.3) is 6.08 Å². The van der Waals surface area contributed by atoms with Crippen LogP contribution in [0.1, 0.15) is 11.1 Å². The van der Waals surface area contributed by atoms with Crippen molar-refractivity contribution in [3.05, 3.63) is 48.6 Å². The Morgan fingerprint density at radius 2 is 2.08 bits per heavy atom. The fourth-order valence-electron chi connectivity index (χ4n) is 1.09. The Kier molecular flexibility index (Phi) is 3.21. The molecule has 0 aliphatic rings.